The maximum atomic E-state index is 13.5. The quantitative estimate of drug-likeness (QED) is 0.689. The van der Waals surface area contributed by atoms with Gasteiger partial charge in [-0.2, -0.15) is 0 Å². The number of benzene rings is 3. The van der Waals surface area contributed by atoms with Gasteiger partial charge in [-0.1, -0.05) is 30.3 Å². The molecule has 0 saturated heterocycles. The minimum Gasteiger partial charge on any atom is -0.394 e. The van der Waals surface area contributed by atoms with Crippen LogP contribution in [0.2, 0.25) is 0 Å². The molecule has 0 spiro atoms. The summed E-state index contributed by atoms with van der Waals surface area (Å²) in [5.74, 6) is -2.43. The van der Waals surface area contributed by atoms with Crippen molar-refractivity contribution in [1.82, 2.24) is 5.32 Å². The van der Waals surface area contributed by atoms with Crippen molar-refractivity contribution < 1.29 is 18.7 Å². The Morgan fingerprint density at radius 1 is 1.03 bits per heavy atom. The zero-order valence-electron chi connectivity index (χ0n) is 15.4. The van der Waals surface area contributed by atoms with Gasteiger partial charge in [-0.05, 0) is 58.1 Å². The number of rotatable bonds is 5. The van der Waals surface area contributed by atoms with E-state index in [9.17, 15) is 18.7 Å². The van der Waals surface area contributed by atoms with Crippen LogP contribution in [0.5, 0.6) is 0 Å². The van der Waals surface area contributed by atoms with Crippen molar-refractivity contribution in [2.45, 2.75) is 12.6 Å². The molecule has 1 amide bonds. The molecule has 0 saturated carbocycles. The standard InChI is InChI=1S/C23H18F2N2O2/c24-20-7-6-16(10-21(20)25)22(13-28)27-23(29)17-3-1-2-14(8-17)15-4-5-18-11-26-12-19(18)9-15/h1-10,12,22,28H,11,13H2,(H,27,29). The molecule has 0 bridgehead atoms. The fourth-order valence-electron chi connectivity index (χ4n) is 3.33. The smallest absolute Gasteiger partial charge is 0.251 e. The van der Waals surface area contributed by atoms with Crippen LogP contribution >= 0.6 is 0 Å². The van der Waals surface area contributed by atoms with Gasteiger partial charge in [-0.25, -0.2) is 8.78 Å². The largest absolute Gasteiger partial charge is 0.394 e. The molecule has 1 aliphatic heterocycles. The van der Waals surface area contributed by atoms with Gasteiger partial charge in [0.2, 0.25) is 0 Å². The molecule has 2 N–H and O–H groups in total. The SMILES string of the molecule is O=C(NC(CO)c1ccc(F)c(F)c1)c1cccc(-c2ccc3c(c2)C=NC3)c1. The summed E-state index contributed by atoms with van der Waals surface area (Å²) >= 11 is 0. The van der Waals surface area contributed by atoms with E-state index in [0.29, 0.717) is 12.1 Å². The molecule has 0 radical (unpaired) electrons. The number of aliphatic imine (C=N–C) groups is 1. The fourth-order valence-corrected chi connectivity index (χ4v) is 3.33. The van der Waals surface area contributed by atoms with Gasteiger partial charge in [0.25, 0.3) is 5.91 Å². The normalized spacial score (nSPS) is 13.2. The summed E-state index contributed by atoms with van der Waals surface area (Å²) < 4.78 is 26.6. The van der Waals surface area contributed by atoms with Crippen molar-refractivity contribution in [2.24, 2.45) is 4.99 Å². The lowest BCUT2D eigenvalue weighted by Crippen LogP contribution is -2.30. The van der Waals surface area contributed by atoms with Gasteiger partial charge in [0.15, 0.2) is 11.6 Å². The Bertz CT molecular complexity index is 1110. The molecule has 4 rings (SSSR count). The second kappa shape index (κ2) is 7.93. The first-order chi connectivity index (χ1) is 14.0. The van der Waals surface area contributed by atoms with Crippen LogP contribution < -0.4 is 5.32 Å². The van der Waals surface area contributed by atoms with Crippen LogP contribution in [-0.2, 0) is 6.54 Å². The van der Waals surface area contributed by atoms with Crippen molar-refractivity contribution in [1.29, 1.82) is 0 Å². The van der Waals surface area contributed by atoms with Gasteiger partial charge in [0.1, 0.15) is 0 Å². The molecule has 146 valence electrons. The molecular weight excluding hydrogens is 374 g/mol. The number of halogens is 2. The second-order valence-electron chi connectivity index (χ2n) is 6.85. The monoisotopic (exact) mass is 392 g/mol. The van der Waals surface area contributed by atoms with Crippen molar-refractivity contribution >= 4 is 12.1 Å². The maximum Gasteiger partial charge on any atom is 0.251 e. The topological polar surface area (TPSA) is 61.7 Å². The highest BCUT2D eigenvalue weighted by atomic mass is 19.2. The van der Waals surface area contributed by atoms with E-state index in [2.05, 4.69) is 10.3 Å². The molecule has 4 nitrogen and oxygen atoms in total. The Labute approximate surface area is 166 Å². The third-order valence-electron chi connectivity index (χ3n) is 4.93. The van der Waals surface area contributed by atoms with E-state index in [0.717, 1.165) is 28.8 Å². The van der Waals surface area contributed by atoms with E-state index in [1.165, 1.54) is 11.6 Å². The number of hydrogen-bond donors (Lipinski definition) is 2. The minimum atomic E-state index is -1.03. The van der Waals surface area contributed by atoms with Gasteiger partial charge in [0, 0.05) is 11.8 Å². The van der Waals surface area contributed by atoms with Crippen LogP contribution in [-0.4, -0.2) is 23.8 Å². The van der Waals surface area contributed by atoms with Gasteiger partial charge >= 0.3 is 0 Å². The highest BCUT2D eigenvalue weighted by molar-refractivity contribution is 5.96. The van der Waals surface area contributed by atoms with E-state index in [1.807, 2.05) is 30.5 Å². The third kappa shape index (κ3) is 3.93. The van der Waals surface area contributed by atoms with E-state index >= 15 is 0 Å². The van der Waals surface area contributed by atoms with Crippen LogP contribution in [0, 0.1) is 11.6 Å². The number of fused-ring (bicyclic) bond motifs is 1. The molecule has 1 atom stereocenters. The zero-order valence-corrected chi connectivity index (χ0v) is 15.4. The summed E-state index contributed by atoms with van der Waals surface area (Å²) in [6.07, 6.45) is 1.84. The number of amides is 1. The van der Waals surface area contributed by atoms with Crippen molar-refractivity contribution in [2.75, 3.05) is 6.61 Å². The molecule has 3 aromatic carbocycles. The van der Waals surface area contributed by atoms with Gasteiger partial charge in [-0.15, -0.1) is 0 Å². The van der Waals surface area contributed by atoms with E-state index < -0.39 is 30.2 Å². The predicted octanol–water partition coefficient (Wildman–Crippen LogP) is 4.03. The third-order valence-corrected chi connectivity index (χ3v) is 4.93. The molecule has 1 heterocycles. The number of aliphatic hydroxyl groups excluding tert-OH is 1. The molecule has 6 heteroatoms. The maximum absolute atomic E-state index is 13.5. The molecule has 0 fully saturated rings. The first-order valence-electron chi connectivity index (χ1n) is 9.15. The van der Waals surface area contributed by atoms with E-state index in [-0.39, 0.29) is 5.56 Å². The lowest BCUT2D eigenvalue weighted by atomic mass is 9.98. The lowest BCUT2D eigenvalue weighted by molar-refractivity contribution is 0.0916. The Morgan fingerprint density at radius 3 is 2.66 bits per heavy atom. The summed E-state index contributed by atoms with van der Waals surface area (Å²) in [4.78, 5) is 17.0. The summed E-state index contributed by atoms with van der Waals surface area (Å²) in [5, 5.41) is 12.3. The Hall–Kier alpha value is -3.38. The van der Waals surface area contributed by atoms with Crippen LogP contribution in [0.4, 0.5) is 8.78 Å². The molecule has 0 aliphatic carbocycles. The number of carbonyl (C=O) groups is 1. The fraction of sp³-hybridized carbons (Fsp3) is 0.130. The summed E-state index contributed by atoms with van der Waals surface area (Å²) in [5.41, 5.74) is 4.75. The summed E-state index contributed by atoms with van der Waals surface area (Å²) in [6.45, 7) is 0.241. The number of nitrogens with zero attached hydrogens (tertiary/aromatic N) is 1. The predicted molar refractivity (Wildman–Crippen MR) is 107 cm³/mol. The van der Waals surface area contributed by atoms with Crippen LogP contribution in [0.1, 0.15) is 33.1 Å². The highest BCUT2D eigenvalue weighted by Crippen LogP contribution is 2.25. The lowest BCUT2D eigenvalue weighted by Gasteiger charge is -2.17. The van der Waals surface area contributed by atoms with Crippen LogP contribution in [0.15, 0.2) is 65.7 Å². The van der Waals surface area contributed by atoms with Crippen molar-refractivity contribution in [3.05, 3.63) is 94.6 Å². The zero-order chi connectivity index (χ0) is 20.4. The van der Waals surface area contributed by atoms with Gasteiger partial charge in [0.05, 0.1) is 19.2 Å². The molecule has 1 aliphatic rings. The molecule has 1 unspecified atom stereocenters. The van der Waals surface area contributed by atoms with Crippen LogP contribution in [0.25, 0.3) is 11.1 Å². The highest BCUT2D eigenvalue weighted by Gasteiger charge is 2.17. The number of aliphatic hydroxyl groups is 1. The number of carbonyl (C=O) groups excluding carboxylic acids is 1. The van der Waals surface area contributed by atoms with Gasteiger partial charge < -0.3 is 10.4 Å². The minimum absolute atomic E-state index is 0.286. The Balaban J connectivity index is 1.56. The first-order valence-corrected chi connectivity index (χ1v) is 9.15. The molecule has 3 aromatic rings. The molecule has 0 aromatic heterocycles. The Kier molecular flexibility index (Phi) is 5.18. The Morgan fingerprint density at radius 2 is 1.86 bits per heavy atom. The van der Waals surface area contributed by atoms with Crippen molar-refractivity contribution in [3.63, 3.8) is 0 Å². The first kappa shape index (κ1) is 19.0. The van der Waals surface area contributed by atoms with Crippen molar-refractivity contribution in [3.8, 4) is 11.1 Å². The summed E-state index contributed by atoms with van der Waals surface area (Å²) in [7, 11) is 0. The second-order valence-corrected chi connectivity index (χ2v) is 6.85. The number of hydrogen-bond acceptors (Lipinski definition) is 3. The van der Waals surface area contributed by atoms with Gasteiger partial charge in [-0.3, -0.25) is 9.79 Å². The van der Waals surface area contributed by atoms with Crippen LogP contribution in [0.3, 0.4) is 0 Å². The number of nitrogens with one attached hydrogen (secondary N) is 1. The molecular formula is C23H18F2N2O2. The molecule has 29 heavy (non-hydrogen) atoms. The average molecular weight is 392 g/mol. The average Bonchev–Trinajstić information content (AvgIpc) is 3.22. The summed E-state index contributed by atoms with van der Waals surface area (Å²) in [6, 6.07) is 15.6. The van der Waals surface area contributed by atoms with E-state index in [4.69, 9.17) is 0 Å². The van der Waals surface area contributed by atoms with E-state index in [1.54, 1.807) is 18.2 Å².